The molecule has 2 heterocycles. The van der Waals surface area contributed by atoms with Crippen molar-refractivity contribution in [3.05, 3.63) is 95.0 Å². The summed E-state index contributed by atoms with van der Waals surface area (Å²) in [5.41, 5.74) is 3.43. The predicted molar refractivity (Wildman–Crippen MR) is 132 cm³/mol. The molecule has 0 saturated heterocycles. The average Bonchev–Trinajstić information content (AvgIpc) is 3.31. The molecule has 4 aromatic rings. The normalized spacial score (nSPS) is 13.3. The molecule has 0 unspecified atom stereocenters. The van der Waals surface area contributed by atoms with Crippen molar-refractivity contribution in [2.45, 2.75) is 11.8 Å². The Hall–Kier alpha value is -4.35. The molecule has 1 aromatic heterocycles. The summed E-state index contributed by atoms with van der Waals surface area (Å²) in [5, 5.41) is 14.5. The molecular formula is C27H21N3O4S. The van der Waals surface area contributed by atoms with Crippen LogP contribution in [0, 0.1) is 18.3 Å². The fourth-order valence-electron chi connectivity index (χ4n) is 3.78. The summed E-state index contributed by atoms with van der Waals surface area (Å²) in [4.78, 5) is -0.306. The predicted octanol–water partition coefficient (Wildman–Crippen LogP) is 4.96. The van der Waals surface area contributed by atoms with E-state index in [1.807, 2.05) is 55.5 Å². The molecule has 0 fully saturated rings. The third kappa shape index (κ3) is 4.42. The second-order valence-corrected chi connectivity index (χ2v) is 9.93. The van der Waals surface area contributed by atoms with Crippen LogP contribution < -0.4 is 9.47 Å². The van der Waals surface area contributed by atoms with E-state index in [-0.39, 0.29) is 9.80 Å². The first-order chi connectivity index (χ1) is 17.0. The monoisotopic (exact) mass is 483 g/mol. The summed E-state index contributed by atoms with van der Waals surface area (Å²) in [6.45, 7) is 2.79. The highest BCUT2D eigenvalue weighted by Gasteiger charge is 2.23. The van der Waals surface area contributed by atoms with Crippen LogP contribution in [0.2, 0.25) is 0 Å². The molecule has 0 atom stereocenters. The quantitative estimate of drug-likeness (QED) is 0.373. The number of rotatable bonds is 5. The fourth-order valence-corrected chi connectivity index (χ4v) is 4.93. The Kier molecular flexibility index (Phi) is 5.85. The molecule has 0 radical (unpaired) electrons. The molecule has 0 amide bonds. The minimum Gasteiger partial charge on any atom is -0.486 e. The van der Waals surface area contributed by atoms with Crippen LogP contribution in [-0.2, 0) is 9.84 Å². The molecule has 0 saturated carbocycles. The lowest BCUT2D eigenvalue weighted by Crippen LogP contribution is -2.15. The highest BCUT2D eigenvalue weighted by molar-refractivity contribution is 7.95. The molecule has 35 heavy (non-hydrogen) atoms. The smallest absolute Gasteiger partial charge is 0.216 e. The van der Waals surface area contributed by atoms with E-state index < -0.39 is 9.84 Å². The Morgan fingerprint density at radius 1 is 1.00 bits per heavy atom. The molecule has 174 valence electrons. The van der Waals surface area contributed by atoms with E-state index in [0.29, 0.717) is 41.5 Å². The largest absolute Gasteiger partial charge is 0.486 e. The maximum atomic E-state index is 13.2. The number of hydrogen-bond acceptors (Lipinski definition) is 6. The Labute approximate surface area is 203 Å². The first-order valence-corrected chi connectivity index (χ1v) is 12.4. The van der Waals surface area contributed by atoms with Crippen molar-refractivity contribution in [1.29, 1.82) is 5.26 Å². The van der Waals surface area contributed by atoms with Gasteiger partial charge in [0, 0.05) is 17.3 Å². The first kappa shape index (κ1) is 22.4. The molecule has 0 N–H and O–H groups in total. The van der Waals surface area contributed by atoms with Crippen LogP contribution in [-0.4, -0.2) is 31.4 Å². The molecule has 5 rings (SSSR count). The molecule has 3 aromatic carbocycles. The highest BCUT2D eigenvalue weighted by Crippen LogP contribution is 2.36. The Balaban J connectivity index is 1.66. The molecule has 7 nitrogen and oxygen atoms in total. The van der Waals surface area contributed by atoms with Gasteiger partial charge in [0.2, 0.25) is 9.84 Å². The molecule has 1 aliphatic heterocycles. The van der Waals surface area contributed by atoms with Gasteiger partial charge >= 0.3 is 0 Å². The first-order valence-electron chi connectivity index (χ1n) is 10.9. The highest BCUT2D eigenvalue weighted by atomic mass is 32.2. The zero-order valence-corrected chi connectivity index (χ0v) is 19.7. The van der Waals surface area contributed by atoms with Gasteiger partial charge in [-0.05, 0) is 55.5 Å². The van der Waals surface area contributed by atoms with Crippen LogP contribution in [0.4, 0.5) is 0 Å². The van der Waals surface area contributed by atoms with Gasteiger partial charge in [-0.1, -0.05) is 35.9 Å². The lowest BCUT2D eigenvalue weighted by atomic mass is 10.1. The maximum Gasteiger partial charge on any atom is 0.216 e. The number of nitriles is 1. The number of benzene rings is 3. The number of aromatic nitrogens is 2. The van der Waals surface area contributed by atoms with Crippen molar-refractivity contribution in [3.8, 4) is 34.5 Å². The lowest BCUT2D eigenvalue weighted by molar-refractivity contribution is 0.171. The molecule has 0 spiro atoms. The van der Waals surface area contributed by atoms with E-state index in [1.54, 1.807) is 29.1 Å². The second kappa shape index (κ2) is 9.12. The van der Waals surface area contributed by atoms with Gasteiger partial charge in [0.05, 0.1) is 10.6 Å². The van der Waals surface area contributed by atoms with Crippen LogP contribution in [0.1, 0.15) is 11.1 Å². The number of sulfone groups is 1. The third-order valence-corrected chi connectivity index (χ3v) is 7.28. The maximum absolute atomic E-state index is 13.2. The van der Waals surface area contributed by atoms with Gasteiger partial charge in [-0.25, -0.2) is 13.1 Å². The summed E-state index contributed by atoms with van der Waals surface area (Å²) in [7, 11) is -4.02. The van der Waals surface area contributed by atoms with Crippen LogP contribution >= 0.6 is 0 Å². The van der Waals surface area contributed by atoms with E-state index in [9.17, 15) is 13.7 Å². The van der Waals surface area contributed by atoms with Crippen molar-refractivity contribution in [2.24, 2.45) is 0 Å². The molecular weight excluding hydrogens is 462 g/mol. The SMILES string of the molecule is Cc1ccc(S(=O)(=O)/C(C#N)=C/c2cn(-c3ccccc3)nc2-c2ccc3c(c2)OCCO3)cc1. The molecule has 1 aliphatic rings. The molecule has 0 bridgehead atoms. The number of hydrogen-bond donors (Lipinski definition) is 0. The molecule has 0 aliphatic carbocycles. The van der Waals surface area contributed by atoms with E-state index in [4.69, 9.17) is 14.6 Å². The van der Waals surface area contributed by atoms with Crippen LogP contribution in [0.3, 0.4) is 0 Å². The van der Waals surface area contributed by atoms with Crippen molar-refractivity contribution >= 4 is 15.9 Å². The minimum absolute atomic E-state index is 0.0623. The van der Waals surface area contributed by atoms with Gasteiger partial charge in [-0.2, -0.15) is 10.4 Å². The van der Waals surface area contributed by atoms with Crippen molar-refractivity contribution in [2.75, 3.05) is 13.2 Å². The summed E-state index contributed by atoms with van der Waals surface area (Å²) in [6, 6.07) is 23.2. The zero-order valence-electron chi connectivity index (χ0n) is 18.9. The summed E-state index contributed by atoms with van der Waals surface area (Å²) >= 11 is 0. The standard InChI is InChI=1S/C27H21N3O4S/c1-19-7-10-23(11-8-19)35(31,32)24(17-28)15-21-18-30(22-5-3-2-4-6-22)29-27(21)20-9-12-25-26(16-20)34-14-13-33-25/h2-12,15-16,18H,13-14H2,1H3/b24-15+. The number of aryl methyl sites for hydroxylation is 1. The Morgan fingerprint density at radius 3 is 2.43 bits per heavy atom. The lowest BCUT2D eigenvalue weighted by Gasteiger charge is -2.18. The third-order valence-electron chi connectivity index (χ3n) is 5.60. The van der Waals surface area contributed by atoms with Crippen LogP contribution in [0.25, 0.3) is 23.0 Å². The summed E-state index contributed by atoms with van der Waals surface area (Å²) in [6.07, 6.45) is 3.08. The molecule has 8 heteroatoms. The average molecular weight is 484 g/mol. The van der Waals surface area contributed by atoms with Gasteiger partial charge in [-0.3, -0.25) is 0 Å². The van der Waals surface area contributed by atoms with Crippen LogP contribution in [0.15, 0.2) is 88.8 Å². The van der Waals surface area contributed by atoms with Crippen molar-refractivity contribution < 1.29 is 17.9 Å². The Morgan fingerprint density at radius 2 is 1.71 bits per heavy atom. The summed E-state index contributed by atoms with van der Waals surface area (Å²) < 4.78 is 39.5. The number of allylic oxidation sites excluding steroid dienone is 1. The number of ether oxygens (including phenoxy) is 2. The van der Waals surface area contributed by atoms with Gasteiger partial charge in [0.15, 0.2) is 11.5 Å². The minimum atomic E-state index is -4.02. The second-order valence-electron chi connectivity index (χ2n) is 8.01. The fraction of sp³-hybridized carbons (Fsp3) is 0.111. The summed E-state index contributed by atoms with van der Waals surface area (Å²) in [5.74, 6) is 1.23. The topological polar surface area (TPSA) is 94.2 Å². The van der Waals surface area contributed by atoms with E-state index in [1.165, 1.54) is 18.2 Å². The van der Waals surface area contributed by atoms with Crippen LogP contribution in [0.5, 0.6) is 11.5 Å². The Bertz CT molecular complexity index is 1570. The van der Waals surface area contributed by atoms with E-state index >= 15 is 0 Å². The van der Waals surface area contributed by atoms with Gasteiger partial charge < -0.3 is 9.47 Å². The van der Waals surface area contributed by atoms with Crippen molar-refractivity contribution in [3.63, 3.8) is 0 Å². The van der Waals surface area contributed by atoms with Gasteiger partial charge in [-0.15, -0.1) is 0 Å². The number of para-hydroxylation sites is 1. The van der Waals surface area contributed by atoms with Gasteiger partial charge in [0.25, 0.3) is 0 Å². The number of fused-ring (bicyclic) bond motifs is 1. The van der Waals surface area contributed by atoms with E-state index in [0.717, 1.165) is 11.3 Å². The van der Waals surface area contributed by atoms with E-state index in [2.05, 4.69) is 0 Å². The zero-order chi connectivity index (χ0) is 24.4. The van der Waals surface area contributed by atoms with Crippen molar-refractivity contribution in [1.82, 2.24) is 9.78 Å². The number of nitrogens with zero attached hydrogens (tertiary/aromatic N) is 3. The van der Waals surface area contributed by atoms with Gasteiger partial charge in [0.1, 0.15) is 29.9 Å².